The van der Waals surface area contributed by atoms with Gasteiger partial charge in [0.15, 0.2) is 0 Å². The molecule has 1 rings (SSSR count). The first-order valence-corrected chi connectivity index (χ1v) is 7.45. The van der Waals surface area contributed by atoms with E-state index in [0.29, 0.717) is 13.0 Å². The van der Waals surface area contributed by atoms with E-state index in [4.69, 9.17) is 0 Å². The molecule has 0 bridgehead atoms. The summed E-state index contributed by atoms with van der Waals surface area (Å²) in [7, 11) is -3.11. The van der Waals surface area contributed by atoms with Gasteiger partial charge in [0, 0.05) is 11.1 Å². The summed E-state index contributed by atoms with van der Waals surface area (Å²) in [5.74, 6) is 0.180. The van der Waals surface area contributed by atoms with Crippen LogP contribution in [0, 0.1) is 0 Å². The molecule has 0 radical (unpaired) electrons. The smallest absolute Gasteiger partial charge is 0.211 e. The topological polar surface area (TPSA) is 59.1 Å². The van der Waals surface area contributed by atoms with Crippen LogP contribution in [0.25, 0.3) is 0 Å². The summed E-state index contributed by atoms with van der Waals surface area (Å²) in [4.78, 5) is 5.32. The van der Waals surface area contributed by atoms with Crippen LogP contribution in [0.5, 0.6) is 0 Å². The van der Waals surface area contributed by atoms with Gasteiger partial charge in [-0.2, -0.15) is 0 Å². The number of thiazole rings is 1. The number of sulfonamides is 1. The fourth-order valence-corrected chi connectivity index (χ4v) is 3.04. The fourth-order valence-electron chi connectivity index (χ4n) is 1.11. The molecule has 1 N–H and O–H groups in total. The Bertz CT molecular complexity index is 398. The molecule has 0 spiro atoms. The van der Waals surface area contributed by atoms with Crippen molar-refractivity contribution in [2.24, 2.45) is 0 Å². The van der Waals surface area contributed by atoms with Crippen LogP contribution >= 0.6 is 11.3 Å². The lowest BCUT2D eigenvalue weighted by molar-refractivity contribution is 0.580. The molecule has 0 amide bonds. The third kappa shape index (κ3) is 4.27. The molecule has 0 aliphatic carbocycles. The third-order valence-corrected chi connectivity index (χ3v) is 4.54. The molecule has 1 aromatic rings. The van der Waals surface area contributed by atoms with E-state index in [9.17, 15) is 8.42 Å². The van der Waals surface area contributed by atoms with Crippen LogP contribution in [-0.2, 0) is 23.0 Å². The standard InChI is InChI=1S/C9H16N2O2S2/c1-3-5-15(12,13)11-7-9-10-6-8(4-2)14-9/h6,11H,3-5,7H2,1-2H3. The minimum absolute atomic E-state index is 0.180. The summed E-state index contributed by atoms with van der Waals surface area (Å²) in [6.07, 6.45) is 3.38. The minimum atomic E-state index is -3.11. The van der Waals surface area contributed by atoms with E-state index < -0.39 is 10.0 Å². The molecular weight excluding hydrogens is 232 g/mol. The van der Waals surface area contributed by atoms with Crippen LogP contribution in [0.1, 0.15) is 30.2 Å². The van der Waals surface area contributed by atoms with Gasteiger partial charge in [-0.25, -0.2) is 18.1 Å². The SMILES string of the molecule is CCCS(=O)(=O)NCc1ncc(CC)s1. The van der Waals surface area contributed by atoms with Gasteiger partial charge in [-0.1, -0.05) is 13.8 Å². The molecule has 0 atom stereocenters. The van der Waals surface area contributed by atoms with Crippen molar-refractivity contribution in [2.45, 2.75) is 33.2 Å². The summed E-state index contributed by atoms with van der Waals surface area (Å²) in [6, 6.07) is 0. The second kappa shape index (κ2) is 5.58. The Balaban J connectivity index is 2.50. The van der Waals surface area contributed by atoms with Crippen molar-refractivity contribution in [3.05, 3.63) is 16.1 Å². The van der Waals surface area contributed by atoms with E-state index in [-0.39, 0.29) is 5.75 Å². The van der Waals surface area contributed by atoms with E-state index in [1.54, 1.807) is 17.5 Å². The van der Waals surface area contributed by atoms with Crippen LogP contribution in [-0.4, -0.2) is 19.2 Å². The summed E-state index contributed by atoms with van der Waals surface area (Å²) >= 11 is 1.55. The summed E-state index contributed by atoms with van der Waals surface area (Å²) in [5, 5.41) is 0.825. The Morgan fingerprint density at radius 1 is 1.47 bits per heavy atom. The summed E-state index contributed by atoms with van der Waals surface area (Å²) in [5.41, 5.74) is 0. The molecule has 0 saturated heterocycles. The predicted molar refractivity (Wildman–Crippen MR) is 62.4 cm³/mol. The maximum absolute atomic E-state index is 11.3. The van der Waals surface area contributed by atoms with E-state index in [1.165, 1.54) is 4.88 Å². The quantitative estimate of drug-likeness (QED) is 0.830. The fraction of sp³-hybridized carbons (Fsp3) is 0.667. The summed E-state index contributed by atoms with van der Waals surface area (Å²) < 4.78 is 25.2. The molecule has 1 heterocycles. The Morgan fingerprint density at radius 3 is 2.73 bits per heavy atom. The number of nitrogens with zero attached hydrogens (tertiary/aromatic N) is 1. The first-order chi connectivity index (χ1) is 7.07. The molecule has 0 aliphatic rings. The van der Waals surface area contributed by atoms with Gasteiger partial charge in [0.25, 0.3) is 0 Å². The van der Waals surface area contributed by atoms with Crippen LogP contribution in [0.2, 0.25) is 0 Å². The molecule has 6 heteroatoms. The Kier molecular flexibility index (Phi) is 4.69. The molecule has 86 valence electrons. The van der Waals surface area contributed by atoms with Crippen molar-refractivity contribution in [2.75, 3.05) is 5.75 Å². The highest BCUT2D eigenvalue weighted by Crippen LogP contribution is 2.13. The van der Waals surface area contributed by atoms with Gasteiger partial charge in [-0.15, -0.1) is 11.3 Å². The molecule has 0 aromatic carbocycles. The van der Waals surface area contributed by atoms with Gasteiger partial charge < -0.3 is 0 Å². The van der Waals surface area contributed by atoms with E-state index in [1.807, 2.05) is 6.92 Å². The molecule has 1 aromatic heterocycles. The van der Waals surface area contributed by atoms with E-state index in [0.717, 1.165) is 11.4 Å². The van der Waals surface area contributed by atoms with Gasteiger partial charge in [-0.3, -0.25) is 0 Å². The van der Waals surface area contributed by atoms with Gasteiger partial charge in [-0.05, 0) is 12.8 Å². The Hall–Kier alpha value is -0.460. The molecule has 0 fully saturated rings. The molecule has 0 unspecified atom stereocenters. The van der Waals surface area contributed by atoms with Crippen LogP contribution in [0.4, 0.5) is 0 Å². The first-order valence-electron chi connectivity index (χ1n) is 4.98. The minimum Gasteiger partial charge on any atom is -0.248 e. The average Bonchev–Trinajstić information content (AvgIpc) is 2.62. The van der Waals surface area contributed by atoms with Crippen LogP contribution in [0.3, 0.4) is 0 Å². The normalized spacial score (nSPS) is 11.9. The lowest BCUT2D eigenvalue weighted by Gasteiger charge is -2.02. The number of hydrogen-bond acceptors (Lipinski definition) is 4. The highest BCUT2D eigenvalue weighted by atomic mass is 32.2. The van der Waals surface area contributed by atoms with Crippen LogP contribution < -0.4 is 4.72 Å². The van der Waals surface area contributed by atoms with Crippen molar-refractivity contribution >= 4 is 21.4 Å². The zero-order chi connectivity index (χ0) is 11.3. The predicted octanol–water partition coefficient (Wildman–Crippen LogP) is 1.53. The van der Waals surface area contributed by atoms with Crippen LogP contribution in [0.15, 0.2) is 6.20 Å². The first kappa shape index (κ1) is 12.6. The highest BCUT2D eigenvalue weighted by molar-refractivity contribution is 7.89. The molecule has 0 aliphatic heterocycles. The Labute approximate surface area is 94.8 Å². The largest absolute Gasteiger partial charge is 0.248 e. The number of aromatic nitrogens is 1. The van der Waals surface area contributed by atoms with E-state index >= 15 is 0 Å². The molecule has 4 nitrogen and oxygen atoms in total. The third-order valence-electron chi connectivity index (χ3n) is 1.87. The van der Waals surface area contributed by atoms with Crippen molar-refractivity contribution in [1.82, 2.24) is 9.71 Å². The number of aryl methyl sites for hydroxylation is 1. The van der Waals surface area contributed by atoms with Gasteiger partial charge >= 0.3 is 0 Å². The second-order valence-corrected chi connectivity index (χ2v) is 6.34. The molecule has 15 heavy (non-hydrogen) atoms. The monoisotopic (exact) mass is 248 g/mol. The number of rotatable bonds is 6. The van der Waals surface area contributed by atoms with Crippen molar-refractivity contribution in [3.63, 3.8) is 0 Å². The van der Waals surface area contributed by atoms with E-state index in [2.05, 4.69) is 16.6 Å². The lowest BCUT2D eigenvalue weighted by atomic mass is 10.4. The molecular formula is C9H16N2O2S2. The van der Waals surface area contributed by atoms with Crippen molar-refractivity contribution < 1.29 is 8.42 Å². The number of nitrogens with one attached hydrogen (secondary N) is 1. The molecule has 0 saturated carbocycles. The van der Waals surface area contributed by atoms with Crippen molar-refractivity contribution in [3.8, 4) is 0 Å². The van der Waals surface area contributed by atoms with Gasteiger partial charge in [0.05, 0.1) is 12.3 Å². The number of hydrogen-bond donors (Lipinski definition) is 1. The average molecular weight is 248 g/mol. The van der Waals surface area contributed by atoms with Gasteiger partial charge in [0.2, 0.25) is 10.0 Å². The van der Waals surface area contributed by atoms with Gasteiger partial charge in [0.1, 0.15) is 5.01 Å². The highest BCUT2D eigenvalue weighted by Gasteiger charge is 2.09. The zero-order valence-electron chi connectivity index (χ0n) is 8.99. The van der Waals surface area contributed by atoms with Crippen molar-refractivity contribution in [1.29, 1.82) is 0 Å². The maximum atomic E-state index is 11.3. The maximum Gasteiger partial charge on any atom is 0.211 e. The Morgan fingerprint density at radius 2 is 2.20 bits per heavy atom. The second-order valence-electron chi connectivity index (χ2n) is 3.21. The summed E-state index contributed by atoms with van der Waals surface area (Å²) in [6.45, 7) is 4.21. The zero-order valence-corrected chi connectivity index (χ0v) is 10.6. The lowest BCUT2D eigenvalue weighted by Crippen LogP contribution is -2.25.